The van der Waals surface area contributed by atoms with Crippen LogP contribution >= 0.6 is 0 Å². The number of fused-ring (bicyclic) bond motifs is 3. The van der Waals surface area contributed by atoms with E-state index in [1.807, 2.05) is 24.3 Å². The molecule has 0 aliphatic carbocycles. The number of para-hydroxylation sites is 1. The number of hydrogen-bond donors (Lipinski definition) is 0. The van der Waals surface area contributed by atoms with Crippen LogP contribution in [0.15, 0.2) is 53.6 Å². The lowest BCUT2D eigenvalue weighted by Crippen LogP contribution is -2.11. The third-order valence-electron chi connectivity index (χ3n) is 5.59. The van der Waals surface area contributed by atoms with Crippen LogP contribution in [0.25, 0.3) is 21.9 Å². The fourth-order valence-corrected chi connectivity index (χ4v) is 5.41. The topological polar surface area (TPSA) is 64.8 Å². The molecule has 0 radical (unpaired) electrons. The maximum Gasteiger partial charge on any atom is 0.181 e. The lowest BCUT2D eigenvalue weighted by atomic mass is 10.2. The number of aromatic nitrogens is 3. The standard InChI is InChI=1S/C24H25F2N3O2S/c1-2-3-10-23-28-21-16-27-20-9-5-4-8-18(20)24(21)29(23)13-6-7-14-32(30,31)22-12-11-17(25)15-19(22)26/h4-5,8-9,11-12,15-16H,2-3,6-7,10,13-14H2,1H3. The molecular weight excluding hydrogens is 432 g/mol. The van der Waals surface area contributed by atoms with Crippen molar-refractivity contribution >= 4 is 31.8 Å². The minimum Gasteiger partial charge on any atom is -0.327 e. The van der Waals surface area contributed by atoms with Crippen LogP contribution in [-0.4, -0.2) is 28.7 Å². The summed E-state index contributed by atoms with van der Waals surface area (Å²) in [7, 11) is -3.83. The second kappa shape index (κ2) is 9.32. The summed E-state index contributed by atoms with van der Waals surface area (Å²) < 4.78 is 54.3. The van der Waals surface area contributed by atoms with Gasteiger partial charge in [0, 0.05) is 24.4 Å². The molecule has 0 unspecified atom stereocenters. The number of aryl methyl sites for hydroxylation is 2. The zero-order valence-electron chi connectivity index (χ0n) is 17.9. The molecule has 0 aliphatic heterocycles. The van der Waals surface area contributed by atoms with Gasteiger partial charge in [0.25, 0.3) is 0 Å². The number of unbranched alkanes of at least 4 members (excludes halogenated alkanes) is 2. The Morgan fingerprint density at radius 3 is 2.59 bits per heavy atom. The van der Waals surface area contributed by atoms with Gasteiger partial charge in [0.15, 0.2) is 9.84 Å². The predicted molar refractivity (Wildman–Crippen MR) is 121 cm³/mol. The highest BCUT2D eigenvalue weighted by molar-refractivity contribution is 7.91. The zero-order chi connectivity index (χ0) is 22.7. The summed E-state index contributed by atoms with van der Waals surface area (Å²) in [6.07, 6.45) is 5.61. The lowest BCUT2D eigenvalue weighted by Gasteiger charge is -2.11. The van der Waals surface area contributed by atoms with Crippen molar-refractivity contribution in [2.24, 2.45) is 0 Å². The first-order valence-corrected chi connectivity index (χ1v) is 12.5. The smallest absolute Gasteiger partial charge is 0.181 e. The summed E-state index contributed by atoms with van der Waals surface area (Å²) >= 11 is 0. The van der Waals surface area contributed by atoms with Crippen molar-refractivity contribution in [2.75, 3.05) is 5.75 Å². The maximum atomic E-state index is 13.9. The summed E-state index contributed by atoms with van der Waals surface area (Å²) in [6.45, 7) is 2.73. The van der Waals surface area contributed by atoms with Crippen molar-refractivity contribution in [3.63, 3.8) is 0 Å². The number of hydrogen-bond acceptors (Lipinski definition) is 4. The van der Waals surface area contributed by atoms with Crippen LogP contribution in [0, 0.1) is 11.6 Å². The van der Waals surface area contributed by atoms with Crippen molar-refractivity contribution in [1.29, 1.82) is 0 Å². The summed E-state index contributed by atoms with van der Waals surface area (Å²) in [5.74, 6) is -1.08. The second-order valence-electron chi connectivity index (χ2n) is 7.89. The SMILES string of the molecule is CCCCc1nc2cnc3ccccc3c2n1CCCCS(=O)(=O)c1ccc(F)cc1F. The van der Waals surface area contributed by atoms with Gasteiger partial charge in [0.1, 0.15) is 27.9 Å². The van der Waals surface area contributed by atoms with Gasteiger partial charge in [-0.05, 0) is 37.5 Å². The molecule has 4 aromatic rings. The molecule has 0 N–H and O–H groups in total. The van der Waals surface area contributed by atoms with Gasteiger partial charge in [-0.25, -0.2) is 22.2 Å². The normalized spacial score (nSPS) is 12.1. The summed E-state index contributed by atoms with van der Waals surface area (Å²) in [6, 6.07) is 10.5. The number of halogens is 2. The third kappa shape index (κ3) is 4.50. The Bertz CT molecular complexity index is 1370. The fraction of sp³-hybridized carbons (Fsp3) is 0.333. The van der Waals surface area contributed by atoms with Gasteiger partial charge in [0.05, 0.1) is 23.0 Å². The molecule has 8 heteroatoms. The molecule has 0 aliphatic rings. The van der Waals surface area contributed by atoms with Crippen LogP contribution in [0.3, 0.4) is 0 Å². The zero-order valence-corrected chi connectivity index (χ0v) is 18.7. The first-order valence-electron chi connectivity index (χ1n) is 10.8. The maximum absolute atomic E-state index is 13.9. The first-order chi connectivity index (χ1) is 15.4. The van der Waals surface area contributed by atoms with Gasteiger partial charge in [-0.1, -0.05) is 31.5 Å². The Morgan fingerprint density at radius 2 is 1.81 bits per heavy atom. The highest BCUT2D eigenvalue weighted by atomic mass is 32.2. The largest absolute Gasteiger partial charge is 0.327 e. The van der Waals surface area contributed by atoms with Gasteiger partial charge in [-0.3, -0.25) is 4.98 Å². The highest BCUT2D eigenvalue weighted by Crippen LogP contribution is 2.26. The Balaban J connectivity index is 1.56. The molecule has 32 heavy (non-hydrogen) atoms. The van der Waals surface area contributed by atoms with Crippen molar-refractivity contribution in [1.82, 2.24) is 14.5 Å². The van der Waals surface area contributed by atoms with Gasteiger partial charge >= 0.3 is 0 Å². The van der Waals surface area contributed by atoms with E-state index in [1.54, 1.807) is 6.20 Å². The van der Waals surface area contributed by atoms with Crippen LogP contribution < -0.4 is 0 Å². The molecule has 4 rings (SSSR count). The second-order valence-corrected chi connectivity index (χ2v) is 9.97. The number of imidazole rings is 1. The minimum absolute atomic E-state index is 0.200. The van der Waals surface area contributed by atoms with E-state index >= 15 is 0 Å². The Morgan fingerprint density at radius 1 is 1.00 bits per heavy atom. The molecule has 0 saturated heterocycles. The van der Waals surface area contributed by atoms with Crippen molar-refractivity contribution in [2.45, 2.75) is 50.5 Å². The Labute approximate surface area is 186 Å². The number of rotatable bonds is 9. The van der Waals surface area contributed by atoms with Gasteiger partial charge in [-0.15, -0.1) is 0 Å². The number of nitrogens with zero attached hydrogens (tertiary/aromatic N) is 3. The van der Waals surface area contributed by atoms with Crippen LogP contribution in [0.4, 0.5) is 8.78 Å². The third-order valence-corrected chi connectivity index (χ3v) is 7.41. The molecule has 0 saturated carbocycles. The number of benzene rings is 2. The van der Waals surface area contributed by atoms with E-state index in [-0.39, 0.29) is 5.75 Å². The molecule has 2 heterocycles. The van der Waals surface area contributed by atoms with Gasteiger partial charge in [-0.2, -0.15) is 0 Å². The molecule has 5 nitrogen and oxygen atoms in total. The van der Waals surface area contributed by atoms with Crippen LogP contribution in [0.1, 0.15) is 38.4 Å². The quantitative estimate of drug-likeness (QED) is 0.247. The molecule has 0 amide bonds. The monoisotopic (exact) mass is 457 g/mol. The summed E-state index contributed by atoms with van der Waals surface area (Å²) in [5, 5.41) is 1.02. The average molecular weight is 458 g/mol. The average Bonchev–Trinajstić information content (AvgIpc) is 3.13. The molecule has 0 atom stereocenters. The predicted octanol–water partition coefficient (Wildman–Crippen LogP) is 5.46. The Kier molecular flexibility index (Phi) is 6.50. The molecule has 2 aromatic heterocycles. The van der Waals surface area contributed by atoms with E-state index in [9.17, 15) is 17.2 Å². The number of sulfone groups is 1. The van der Waals surface area contributed by atoms with E-state index in [0.29, 0.717) is 25.5 Å². The van der Waals surface area contributed by atoms with Crippen LogP contribution in [0.2, 0.25) is 0 Å². The van der Waals surface area contributed by atoms with Crippen LogP contribution in [0.5, 0.6) is 0 Å². The molecule has 0 spiro atoms. The Hall–Kier alpha value is -2.87. The molecule has 2 aromatic carbocycles. The molecular formula is C24H25F2N3O2S. The van der Waals surface area contributed by atoms with Gasteiger partial charge < -0.3 is 4.57 Å². The fourth-order valence-electron chi connectivity index (χ4n) is 3.98. The molecule has 0 fully saturated rings. The van der Waals surface area contributed by atoms with E-state index in [0.717, 1.165) is 59.2 Å². The highest BCUT2D eigenvalue weighted by Gasteiger charge is 2.20. The van der Waals surface area contributed by atoms with Crippen LogP contribution in [-0.2, 0) is 22.8 Å². The van der Waals surface area contributed by atoms with Crippen molar-refractivity contribution in [3.8, 4) is 0 Å². The van der Waals surface area contributed by atoms with Gasteiger partial charge in [0.2, 0.25) is 0 Å². The van der Waals surface area contributed by atoms with E-state index in [2.05, 4.69) is 16.5 Å². The van der Waals surface area contributed by atoms with E-state index in [4.69, 9.17) is 4.98 Å². The van der Waals surface area contributed by atoms with E-state index in [1.165, 1.54) is 0 Å². The van der Waals surface area contributed by atoms with E-state index < -0.39 is 26.4 Å². The summed E-state index contributed by atoms with van der Waals surface area (Å²) in [5.41, 5.74) is 2.72. The minimum atomic E-state index is -3.83. The molecule has 0 bridgehead atoms. The van der Waals surface area contributed by atoms with Crippen molar-refractivity contribution in [3.05, 3.63) is 66.1 Å². The first kappa shape index (κ1) is 22.3. The number of pyridine rings is 1. The molecule has 168 valence electrons. The lowest BCUT2D eigenvalue weighted by molar-refractivity contribution is 0.545. The van der Waals surface area contributed by atoms with Crippen molar-refractivity contribution < 1.29 is 17.2 Å². The summed E-state index contributed by atoms with van der Waals surface area (Å²) in [4.78, 5) is 8.84.